The van der Waals surface area contributed by atoms with Crippen LogP contribution in [0.2, 0.25) is 0 Å². The van der Waals surface area contributed by atoms with Crippen LogP contribution in [-0.2, 0) is 4.79 Å². The van der Waals surface area contributed by atoms with Crippen molar-refractivity contribution < 1.29 is 9.18 Å². The molecule has 0 amide bonds. The SMILES string of the molecule is N#Cc1cc(F)ccc1C#CC=O. The number of nitriles is 1. The Morgan fingerprint density at radius 2 is 2.15 bits per heavy atom. The highest BCUT2D eigenvalue weighted by Crippen LogP contribution is 2.08. The van der Waals surface area contributed by atoms with E-state index in [1.807, 2.05) is 0 Å². The van der Waals surface area contributed by atoms with Crippen LogP contribution >= 0.6 is 0 Å². The maximum atomic E-state index is 12.6. The van der Waals surface area contributed by atoms with Crippen molar-refractivity contribution in [1.29, 1.82) is 5.26 Å². The Bertz CT molecular complexity index is 434. The van der Waals surface area contributed by atoms with E-state index in [4.69, 9.17) is 5.26 Å². The zero-order chi connectivity index (χ0) is 9.68. The van der Waals surface area contributed by atoms with Crippen LogP contribution in [0.5, 0.6) is 0 Å². The van der Waals surface area contributed by atoms with Crippen LogP contribution in [0.1, 0.15) is 11.1 Å². The predicted octanol–water partition coefficient (Wildman–Crippen LogP) is 1.25. The molecule has 3 heteroatoms. The number of hydrogen-bond donors (Lipinski definition) is 0. The van der Waals surface area contributed by atoms with Crippen molar-refractivity contribution in [2.45, 2.75) is 0 Å². The molecule has 1 aromatic carbocycles. The first-order valence-electron chi connectivity index (χ1n) is 3.43. The second-order valence-electron chi connectivity index (χ2n) is 2.19. The van der Waals surface area contributed by atoms with Gasteiger partial charge >= 0.3 is 0 Å². The normalized spacial score (nSPS) is 8.00. The molecular formula is C10H4FNO. The van der Waals surface area contributed by atoms with Gasteiger partial charge in [0.1, 0.15) is 11.9 Å². The van der Waals surface area contributed by atoms with Gasteiger partial charge in [-0.3, -0.25) is 4.79 Å². The summed E-state index contributed by atoms with van der Waals surface area (Å²) in [5, 5.41) is 8.57. The van der Waals surface area contributed by atoms with E-state index >= 15 is 0 Å². The highest BCUT2D eigenvalue weighted by molar-refractivity contribution is 5.74. The zero-order valence-electron chi connectivity index (χ0n) is 6.54. The third-order valence-electron chi connectivity index (χ3n) is 1.37. The lowest BCUT2D eigenvalue weighted by molar-refractivity contribution is -0.103. The van der Waals surface area contributed by atoms with Gasteiger partial charge in [-0.25, -0.2) is 4.39 Å². The molecule has 0 heterocycles. The number of aldehydes is 1. The Morgan fingerprint density at radius 3 is 2.77 bits per heavy atom. The van der Waals surface area contributed by atoms with E-state index in [9.17, 15) is 9.18 Å². The molecule has 0 bridgehead atoms. The molecule has 13 heavy (non-hydrogen) atoms. The third-order valence-corrected chi connectivity index (χ3v) is 1.37. The summed E-state index contributed by atoms with van der Waals surface area (Å²) < 4.78 is 12.6. The van der Waals surface area contributed by atoms with Gasteiger partial charge in [-0.05, 0) is 24.1 Å². The van der Waals surface area contributed by atoms with Gasteiger partial charge < -0.3 is 0 Å². The van der Waals surface area contributed by atoms with Crippen molar-refractivity contribution in [3.63, 3.8) is 0 Å². The lowest BCUT2D eigenvalue weighted by Gasteiger charge is -1.93. The van der Waals surface area contributed by atoms with Gasteiger partial charge in [-0.1, -0.05) is 5.92 Å². The van der Waals surface area contributed by atoms with Crippen LogP contribution in [0.15, 0.2) is 18.2 Å². The van der Waals surface area contributed by atoms with E-state index in [1.54, 1.807) is 6.07 Å². The molecule has 0 unspecified atom stereocenters. The predicted molar refractivity (Wildman–Crippen MR) is 44.1 cm³/mol. The molecule has 1 aromatic rings. The molecule has 0 aromatic heterocycles. The summed E-state index contributed by atoms with van der Waals surface area (Å²) in [5.41, 5.74) is 0.491. The molecule has 0 saturated heterocycles. The Labute approximate surface area is 74.6 Å². The number of carbonyl (C=O) groups is 1. The number of hydrogen-bond acceptors (Lipinski definition) is 2. The number of rotatable bonds is 0. The first-order chi connectivity index (χ1) is 6.27. The number of carbonyl (C=O) groups excluding carboxylic acids is 1. The monoisotopic (exact) mass is 173 g/mol. The van der Waals surface area contributed by atoms with Crippen molar-refractivity contribution in [2.24, 2.45) is 0 Å². The molecule has 0 aliphatic carbocycles. The second-order valence-corrected chi connectivity index (χ2v) is 2.19. The fraction of sp³-hybridized carbons (Fsp3) is 0. The number of nitrogens with zero attached hydrogens (tertiary/aromatic N) is 1. The minimum atomic E-state index is -0.492. The molecule has 62 valence electrons. The highest BCUT2D eigenvalue weighted by Gasteiger charge is 1.99. The lowest BCUT2D eigenvalue weighted by atomic mass is 10.1. The molecule has 0 atom stereocenters. The van der Waals surface area contributed by atoms with Crippen LogP contribution in [0, 0.1) is 29.0 Å². The van der Waals surface area contributed by atoms with E-state index in [-0.39, 0.29) is 5.56 Å². The van der Waals surface area contributed by atoms with Crippen LogP contribution in [0.3, 0.4) is 0 Å². The quantitative estimate of drug-likeness (QED) is 0.437. The largest absolute Gasteiger partial charge is 0.289 e. The van der Waals surface area contributed by atoms with E-state index in [1.165, 1.54) is 12.1 Å². The van der Waals surface area contributed by atoms with Gasteiger partial charge in [-0.2, -0.15) is 5.26 Å². The van der Waals surface area contributed by atoms with Crippen LogP contribution in [-0.4, -0.2) is 6.29 Å². The van der Waals surface area contributed by atoms with Crippen LogP contribution in [0.25, 0.3) is 0 Å². The Kier molecular flexibility index (Phi) is 2.78. The smallest absolute Gasteiger partial charge is 0.193 e. The van der Waals surface area contributed by atoms with E-state index in [0.29, 0.717) is 11.8 Å². The lowest BCUT2D eigenvalue weighted by Crippen LogP contribution is -1.85. The summed E-state index contributed by atoms with van der Waals surface area (Å²) in [6, 6.07) is 5.42. The second kappa shape index (κ2) is 4.04. The summed E-state index contributed by atoms with van der Waals surface area (Å²) in [6.45, 7) is 0. The fourth-order valence-electron chi connectivity index (χ4n) is 0.825. The van der Waals surface area contributed by atoms with E-state index in [0.717, 1.165) is 6.07 Å². The Morgan fingerprint density at radius 1 is 1.38 bits per heavy atom. The first-order valence-corrected chi connectivity index (χ1v) is 3.43. The average Bonchev–Trinajstić information content (AvgIpc) is 2.16. The van der Waals surface area contributed by atoms with Gasteiger partial charge in [0.25, 0.3) is 0 Å². The molecule has 0 N–H and O–H groups in total. The van der Waals surface area contributed by atoms with Crippen molar-refractivity contribution in [3.05, 3.63) is 35.1 Å². The van der Waals surface area contributed by atoms with Crippen molar-refractivity contribution in [2.75, 3.05) is 0 Å². The van der Waals surface area contributed by atoms with Crippen LogP contribution < -0.4 is 0 Å². The molecule has 0 fully saturated rings. The molecule has 0 saturated carbocycles. The molecule has 2 nitrogen and oxygen atoms in total. The summed E-state index contributed by atoms with van der Waals surface area (Å²) in [6.07, 6.45) is 0.421. The van der Waals surface area contributed by atoms with Crippen molar-refractivity contribution >= 4 is 6.29 Å². The summed E-state index contributed by atoms with van der Waals surface area (Å²) in [5.74, 6) is 4.10. The standard InChI is InChI=1S/C10H4FNO/c11-10-4-3-8(2-1-5-13)9(6-10)7-12/h3-6H. The molecule has 0 aliphatic rings. The first kappa shape index (κ1) is 8.96. The molecule has 0 aliphatic heterocycles. The average molecular weight is 173 g/mol. The summed E-state index contributed by atoms with van der Waals surface area (Å²) >= 11 is 0. The summed E-state index contributed by atoms with van der Waals surface area (Å²) in [7, 11) is 0. The van der Waals surface area contributed by atoms with E-state index in [2.05, 4.69) is 11.8 Å². The minimum Gasteiger partial charge on any atom is -0.289 e. The van der Waals surface area contributed by atoms with Gasteiger partial charge in [0.2, 0.25) is 0 Å². The van der Waals surface area contributed by atoms with Crippen LogP contribution in [0.4, 0.5) is 4.39 Å². The van der Waals surface area contributed by atoms with Gasteiger partial charge in [-0.15, -0.1) is 0 Å². The van der Waals surface area contributed by atoms with Gasteiger partial charge in [0, 0.05) is 5.56 Å². The maximum absolute atomic E-state index is 12.6. The van der Waals surface area contributed by atoms with Gasteiger partial charge in [0.15, 0.2) is 6.29 Å². The minimum absolute atomic E-state index is 0.134. The highest BCUT2D eigenvalue weighted by atomic mass is 19.1. The molecule has 0 radical (unpaired) electrons. The van der Waals surface area contributed by atoms with E-state index < -0.39 is 5.82 Å². The third kappa shape index (κ3) is 2.15. The van der Waals surface area contributed by atoms with Crippen molar-refractivity contribution in [3.8, 4) is 17.9 Å². The maximum Gasteiger partial charge on any atom is 0.193 e. The fourth-order valence-corrected chi connectivity index (χ4v) is 0.825. The molecule has 0 spiro atoms. The van der Waals surface area contributed by atoms with Crippen molar-refractivity contribution in [1.82, 2.24) is 0 Å². The topological polar surface area (TPSA) is 40.9 Å². The number of halogens is 1. The Hall–Kier alpha value is -2.13. The summed E-state index contributed by atoms with van der Waals surface area (Å²) in [4.78, 5) is 9.91. The number of benzene rings is 1. The molecule has 1 rings (SSSR count). The molecular weight excluding hydrogens is 169 g/mol. The Balaban J connectivity index is 3.23. The zero-order valence-corrected chi connectivity index (χ0v) is 6.54. The van der Waals surface area contributed by atoms with Gasteiger partial charge in [0.05, 0.1) is 5.56 Å².